The lowest BCUT2D eigenvalue weighted by atomic mass is 9.73. The van der Waals surface area contributed by atoms with Gasteiger partial charge in [-0.25, -0.2) is 21.6 Å². The molecule has 0 unspecified atom stereocenters. The van der Waals surface area contributed by atoms with Gasteiger partial charge in [0.1, 0.15) is 0 Å². The number of aliphatic carboxylic acids is 1. The third-order valence-electron chi connectivity index (χ3n) is 6.55. The monoisotopic (exact) mass is 588 g/mol. The maximum absolute atomic E-state index is 13.1. The number of nitrogens with zero attached hydrogens (tertiary/aromatic N) is 1. The molecule has 1 aliphatic rings. The summed E-state index contributed by atoms with van der Waals surface area (Å²) in [7, 11) is -7.41. The lowest BCUT2D eigenvalue weighted by molar-refractivity contribution is -0.136. The lowest BCUT2D eigenvalue weighted by Crippen LogP contribution is -2.44. The van der Waals surface area contributed by atoms with Crippen LogP contribution in [0, 0.1) is 5.41 Å². The predicted octanol–water partition coefficient (Wildman–Crippen LogP) is 4.94. The number of halogens is 2. The first kappa shape index (κ1) is 29.6. The number of nitrogens with one attached hydrogen (secondary N) is 1. The third-order valence-corrected chi connectivity index (χ3v) is 10.4. The Morgan fingerprint density at radius 2 is 1.46 bits per heavy atom. The molecule has 0 spiro atoms. The van der Waals surface area contributed by atoms with E-state index in [-0.39, 0.29) is 41.3 Å². The summed E-state index contributed by atoms with van der Waals surface area (Å²) < 4.78 is 55.7. The maximum atomic E-state index is 13.1. The highest BCUT2D eigenvalue weighted by atomic mass is 35.5. The highest BCUT2D eigenvalue weighted by Crippen LogP contribution is 2.40. The van der Waals surface area contributed by atoms with Gasteiger partial charge in [0.2, 0.25) is 20.0 Å². The van der Waals surface area contributed by atoms with Crippen LogP contribution in [0.5, 0.6) is 0 Å². The second kappa shape index (κ2) is 12.7. The molecule has 2 aromatic carbocycles. The van der Waals surface area contributed by atoms with Crippen LogP contribution in [-0.2, 0) is 24.8 Å². The van der Waals surface area contributed by atoms with E-state index >= 15 is 0 Å². The zero-order valence-electron chi connectivity index (χ0n) is 20.1. The van der Waals surface area contributed by atoms with E-state index < -0.39 is 26.0 Å². The minimum Gasteiger partial charge on any atom is -0.481 e. The van der Waals surface area contributed by atoms with E-state index in [0.717, 1.165) is 0 Å². The Labute approximate surface area is 228 Å². The number of hydrogen-bond donors (Lipinski definition) is 2. The van der Waals surface area contributed by atoms with E-state index in [2.05, 4.69) is 4.72 Å². The summed E-state index contributed by atoms with van der Waals surface area (Å²) >= 11 is 11.8. The van der Waals surface area contributed by atoms with Crippen molar-refractivity contribution >= 4 is 49.2 Å². The zero-order valence-corrected chi connectivity index (χ0v) is 23.3. The second-order valence-corrected chi connectivity index (χ2v) is 13.6. The van der Waals surface area contributed by atoms with Crippen molar-refractivity contribution in [3.05, 3.63) is 70.7 Å². The molecule has 1 heterocycles. The fraction of sp³-hybridized carbons (Fsp3) is 0.400. The van der Waals surface area contributed by atoms with E-state index in [4.69, 9.17) is 28.3 Å². The SMILES string of the molecule is O=C(O)CCC=CCC1(CCNS(=O)(=O)c2ccc(Cl)cc2)CCN(S(=O)(=O)c2ccc(Cl)cc2)CC1. The number of carboxylic acid groups (broad SMARTS) is 1. The summed E-state index contributed by atoms with van der Waals surface area (Å²) in [5.41, 5.74) is -0.339. The average Bonchev–Trinajstić information content (AvgIpc) is 2.84. The van der Waals surface area contributed by atoms with E-state index in [1.165, 1.54) is 52.8 Å². The fourth-order valence-corrected chi connectivity index (χ4v) is 7.04. The molecule has 0 amide bonds. The molecule has 1 saturated heterocycles. The van der Waals surface area contributed by atoms with Crippen LogP contribution in [0.15, 0.2) is 70.5 Å². The van der Waals surface area contributed by atoms with Gasteiger partial charge in [0.25, 0.3) is 0 Å². The molecular formula is C25H30Cl2N2O6S2. The fourth-order valence-electron chi connectivity index (χ4n) is 4.32. The summed E-state index contributed by atoms with van der Waals surface area (Å²) in [6.07, 6.45) is 6.30. The van der Waals surface area contributed by atoms with Crippen LogP contribution >= 0.6 is 23.2 Å². The molecule has 0 atom stereocenters. The predicted molar refractivity (Wildman–Crippen MR) is 144 cm³/mol. The van der Waals surface area contributed by atoms with Gasteiger partial charge in [0.15, 0.2) is 0 Å². The summed E-state index contributed by atoms with van der Waals surface area (Å²) in [5, 5.41) is 9.74. The maximum Gasteiger partial charge on any atom is 0.303 e. The number of allylic oxidation sites excluding steroid dienone is 2. The Hall–Kier alpha value is -1.95. The molecule has 2 aromatic rings. The van der Waals surface area contributed by atoms with Gasteiger partial charge >= 0.3 is 5.97 Å². The van der Waals surface area contributed by atoms with Crippen LogP contribution in [0.25, 0.3) is 0 Å². The Morgan fingerprint density at radius 3 is 2.00 bits per heavy atom. The van der Waals surface area contributed by atoms with Crippen LogP contribution in [0.3, 0.4) is 0 Å². The van der Waals surface area contributed by atoms with Crippen molar-refractivity contribution in [3.8, 4) is 0 Å². The van der Waals surface area contributed by atoms with Crippen LogP contribution < -0.4 is 4.72 Å². The normalized spacial score (nSPS) is 16.7. The molecule has 2 N–H and O–H groups in total. The highest BCUT2D eigenvalue weighted by Gasteiger charge is 2.37. The number of sulfonamides is 2. The summed E-state index contributed by atoms with van der Waals surface area (Å²) in [5.74, 6) is -0.878. The van der Waals surface area contributed by atoms with E-state index in [1.807, 2.05) is 12.2 Å². The van der Waals surface area contributed by atoms with E-state index in [9.17, 15) is 21.6 Å². The molecule has 0 bridgehead atoms. The molecule has 0 radical (unpaired) electrons. The summed E-state index contributed by atoms with van der Waals surface area (Å²) in [6.45, 7) is 0.758. The standard InChI is InChI=1S/C25H30Cl2N2O6S2/c26-20-5-9-22(10-6-20)36(32,33)28-17-14-25(13-3-1-2-4-24(30)31)15-18-29(19-16-25)37(34,35)23-11-7-21(27)8-12-23/h1,3,5-12,28H,2,4,13-19H2,(H,30,31). The number of carbonyl (C=O) groups is 1. The number of rotatable bonds is 12. The van der Waals surface area contributed by atoms with E-state index in [0.29, 0.717) is 42.1 Å². The van der Waals surface area contributed by atoms with Crippen molar-refractivity contribution in [3.63, 3.8) is 0 Å². The Bertz CT molecular complexity index is 1300. The van der Waals surface area contributed by atoms with Crippen molar-refractivity contribution in [2.24, 2.45) is 5.41 Å². The quantitative estimate of drug-likeness (QED) is 0.338. The highest BCUT2D eigenvalue weighted by molar-refractivity contribution is 7.89. The summed E-state index contributed by atoms with van der Waals surface area (Å²) in [6, 6.07) is 11.9. The number of hydrogen-bond acceptors (Lipinski definition) is 5. The molecule has 0 aliphatic carbocycles. The molecule has 1 fully saturated rings. The van der Waals surface area contributed by atoms with Crippen LogP contribution in [0.2, 0.25) is 10.0 Å². The van der Waals surface area contributed by atoms with Gasteiger partial charge < -0.3 is 5.11 Å². The molecule has 8 nitrogen and oxygen atoms in total. The van der Waals surface area contributed by atoms with Gasteiger partial charge in [-0.15, -0.1) is 0 Å². The molecule has 0 aromatic heterocycles. The van der Waals surface area contributed by atoms with Crippen LogP contribution in [0.1, 0.15) is 38.5 Å². The second-order valence-electron chi connectivity index (χ2n) is 9.07. The molecule has 12 heteroatoms. The Morgan fingerprint density at radius 1 is 0.919 bits per heavy atom. The first-order valence-corrected chi connectivity index (χ1v) is 15.5. The third kappa shape index (κ3) is 8.27. The Balaban J connectivity index is 1.69. The van der Waals surface area contributed by atoms with Crippen molar-refractivity contribution in [2.75, 3.05) is 19.6 Å². The van der Waals surface area contributed by atoms with Gasteiger partial charge in [-0.2, -0.15) is 4.31 Å². The van der Waals surface area contributed by atoms with Gasteiger partial charge in [-0.1, -0.05) is 35.4 Å². The number of carboxylic acids is 1. The van der Waals surface area contributed by atoms with Crippen molar-refractivity contribution < 1.29 is 26.7 Å². The smallest absolute Gasteiger partial charge is 0.303 e. The van der Waals surface area contributed by atoms with Gasteiger partial charge in [0.05, 0.1) is 9.79 Å². The minimum atomic E-state index is -3.73. The van der Waals surface area contributed by atoms with Crippen LogP contribution in [0.4, 0.5) is 0 Å². The number of benzene rings is 2. The molecule has 1 aliphatic heterocycles. The molecule has 0 saturated carbocycles. The number of piperidine rings is 1. The van der Waals surface area contributed by atoms with Crippen LogP contribution in [-0.4, -0.2) is 51.9 Å². The van der Waals surface area contributed by atoms with Gasteiger partial charge in [0, 0.05) is 36.1 Å². The van der Waals surface area contributed by atoms with Gasteiger partial charge in [-0.05, 0) is 86.1 Å². The Kier molecular flexibility index (Phi) is 10.2. The average molecular weight is 590 g/mol. The topological polar surface area (TPSA) is 121 Å². The minimum absolute atomic E-state index is 0.0253. The van der Waals surface area contributed by atoms with Crippen molar-refractivity contribution in [1.82, 2.24) is 9.03 Å². The van der Waals surface area contributed by atoms with Gasteiger partial charge in [-0.3, -0.25) is 4.79 Å². The lowest BCUT2D eigenvalue weighted by Gasteiger charge is -2.41. The summed E-state index contributed by atoms with van der Waals surface area (Å²) in [4.78, 5) is 11.1. The van der Waals surface area contributed by atoms with E-state index in [1.54, 1.807) is 0 Å². The molecule has 37 heavy (non-hydrogen) atoms. The molecule has 3 rings (SSSR count). The van der Waals surface area contributed by atoms with Crippen molar-refractivity contribution in [2.45, 2.75) is 48.3 Å². The first-order valence-electron chi connectivity index (χ1n) is 11.8. The largest absolute Gasteiger partial charge is 0.481 e. The first-order chi connectivity index (χ1) is 17.4. The van der Waals surface area contributed by atoms with Crippen molar-refractivity contribution in [1.29, 1.82) is 0 Å². The molecular weight excluding hydrogens is 559 g/mol. The zero-order chi connectivity index (χ0) is 27.1. The molecule has 202 valence electrons.